The summed E-state index contributed by atoms with van der Waals surface area (Å²) in [5, 5.41) is 1.81. The molecule has 8 heteroatoms. The van der Waals surface area contributed by atoms with Crippen molar-refractivity contribution in [3.05, 3.63) is 73.5 Å². The van der Waals surface area contributed by atoms with Crippen molar-refractivity contribution < 1.29 is 0 Å². The maximum absolute atomic E-state index is 13.2. The molecule has 154 valence electrons. The fraction of sp³-hybridized carbons (Fsp3) is 0.273. The van der Waals surface area contributed by atoms with Gasteiger partial charge in [-0.2, -0.15) is 0 Å². The Labute approximate surface area is 185 Å². The molecule has 30 heavy (non-hydrogen) atoms. The van der Waals surface area contributed by atoms with Crippen LogP contribution in [-0.4, -0.2) is 19.5 Å². The van der Waals surface area contributed by atoms with Crippen molar-refractivity contribution in [3.63, 3.8) is 0 Å². The van der Waals surface area contributed by atoms with E-state index in [0.29, 0.717) is 45.1 Å². The van der Waals surface area contributed by atoms with Gasteiger partial charge in [0.2, 0.25) is 0 Å². The van der Waals surface area contributed by atoms with E-state index in [2.05, 4.69) is 32.8 Å². The number of unbranched alkanes of at least 4 members (excludes halogenated alkanes) is 2. The number of aromatic amines is 1. The first-order valence-corrected chi connectivity index (χ1v) is 11.7. The van der Waals surface area contributed by atoms with Crippen LogP contribution in [0.4, 0.5) is 0 Å². The fourth-order valence-corrected chi connectivity index (χ4v) is 4.59. The zero-order valence-corrected chi connectivity index (χ0v) is 18.9. The van der Waals surface area contributed by atoms with Gasteiger partial charge >= 0.3 is 0 Å². The monoisotopic (exact) mass is 484 g/mol. The smallest absolute Gasteiger partial charge is 0.262 e. The zero-order chi connectivity index (χ0) is 21.1. The van der Waals surface area contributed by atoms with Crippen molar-refractivity contribution in [1.29, 1.82) is 0 Å². The first-order valence-electron chi connectivity index (χ1n) is 9.87. The Balaban J connectivity index is 1.70. The lowest BCUT2D eigenvalue weighted by molar-refractivity contribution is 0.541. The summed E-state index contributed by atoms with van der Waals surface area (Å²) in [6.45, 7) is 2.75. The average molecular weight is 485 g/mol. The number of fused-ring (bicyclic) bond motifs is 2. The van der Waals surface area contributed by atoms with Crippen molar-refractivity contribution in [1.82, 2.24) is 19.5 Å². The van der Waals surface area contributed by atoms with Crippen LogP contribution in [0.5, 0.6) is 0 Å². The Hall–Kier alpha value is -2.45. The van der Waals surface area contributed by atoms with Crippen molar-refractivity contribution in [2.45, 2.75) is 43.6 Å². The summed E-state index contributed by atoms with van der Waals surface area (Å²) in [6, 6.07) is 12.8. The fourth-order valence-electron chi connectivity index (χ4n) is 3.34. The number of halogens is 1. The van der Waals surface area contributed by atoms with Gasteiger partial charge in [0.1, 0.15) is 5.82 Å². The number of nitrogens with one attached hydrogen (secondary N) is 1. The number of hydrogen-bond donors (Lipinski definition) is 1. The number of thioether (sulfide) groups is 1. The second-order valence-corrected chi connectivity index (χ2v) is 8.90. The highest BCUT2D eigenvalue weighted by Crippen LogP contribution is 2.23. The molecule has 0 bridgehead atoms. The third kappa shape index (κ3) is 4.34. The van der Waals surface area contributed by atoms with E-state index >= 15 is 0 Å². The number of hydrogen-bond acceptors (Lipinski definition) is 5. The topological polar surface area (TPSA) is 80.6 Å². The molecule has 0 aliphatic heterocycles. The van der Waals surface area contributed by atoms with Gasteiger partial charge in [0.05, 0.1) is 27.6 Å². The number of H-pyrrole nitrogens is 1. The minimum absolute atomic E-state index is 0.0418. The Morgan fingerprint density at radius 3 is 2.67 bits per heavy atom. The van der Waals surface area contributed by atoms with Gasteiger partial charge in [-0.05, 0) is 36.8 Å². The minimum atomic E-state index is -0.159. The third-order valence-electron chi connectivity index (χ3n) is 4.87. The van der Waals surface area contributed by atoms with E-state index in [1.165, 1.54) is 11.8 Å². The molecule has 0 spiro atoms. The highest BCUT2D eigenvalue weighted by molar-refractivity contribution is 9.10. The summed E-state index contributed by atoms with van der Waals surface area (Å²) in [5.74, 6) is 0.983. The molecule has 2 aromatic carbocycles. The van der Waals surface area contributed by atoms with E-state index < -0.39 is 0 Å². The molecular weight excluding hydrogens is 464 g/mol. The number of benzene rings is 2. The number of para-hydroxylation sites is 1. The molecule has 0 amide bonds. The van der Waals surface area contributed by atoms with E-state index in [1.807, 2.05) is 36.4 Å². The Bertz CT molecular complexity index is 1330. The van der Waals surface area contributed by atoms with Crippen LogP contribution in [0, 0.1) is 0 Å². The molecule has 1 N–H and O–H groups in total. The first-order chi connectivity index (χ1) is 14.6. The van der Waals surface area contributed by atoms with Crippen LogP contribution < -0.4 is 11.1 Å². The standard InChI is InChI=1S/C22H21BrN4O2S/c1-2-3-6-11-27-21(29)16-12-14(23)9-10-18(16)25-22(27)30-13-19-24-17-8-5-4-7-15(17)20(28)26-19/h4-5,7-10,12H,2-3,6,11,13H2,1H3,(H,24,26,28). The van der Waals surface area contributed by atoms with E-state index in [0.717, 1.165) is 23.7 Å². The second kappa shape index (κ2) is 9.14. The Kier molecular flexibility index (Phi) is 6.34. The highest BCUT2D eigenvalue weighted by Gasteiger charge is 2.13. The summed E-state index contributed by atoms with van der Waals surface area (Å²) < 4.78 is 2.60. The van der Waals surface area contributed by atoms with Crippen LogP contribution in [0.2, 0.25) is 0 Å². The van der Waals surface area contributed by atoms with Gasteiger partial charge in [0.15, 0.2) is 5.16 Å². The molecule has 0 aliphatic rings. The number of aromatic nitrogens is 4. The molecule has 6 nitrogen and oxygen atoms in total. The van der Waals surface area contributed by atoms with Gasteiger partial charge < -0.3 is 4.98 Å². The Morgan fingerprint density at radius 2 is 1.83 bits per heavy atom. The normalized spacial score (nSPS) is 11.4. The van der Waals surface area contributed by atoms with Crippen LogP contribution in [-0.2, 0) is 12.3 Å². The molecule has 0 saturated heterocycles. The molecule has 0 atom stereocenters. The third-order valence-corrected chi connectivity index (χ3v) is 6.35. The van der Waals surface area contributed by atoms with Crippen LogP contribution in [0.15, 0.2) is 61.7 Å². The molecule has 0 aliphatic carbocycles. The van der Waals surface area contributed by atoms with Crippen molar-refractivity contribution in [3.8, 4) is 0 Å². The second-order valence-electron chi connectivity index (χ2n) is 7.04. The maximum Gasteiger partial charge on any atom is 0.262 e. The van der Waals surface area contributed by atoms with E-state index in [4.69, 9.17) is 4.98 Å². The predicted molar refractivity (Wildman–Crippen MR) is 125 cm³/mol. The number of rotatable bonds is 7. The minimum Gasteiger partial charge on any atom is -0.309 e. The van der Waals surface area contributed by atoms with Crippen LogP contribution >= 0.6 is 27.7 Å². The lowest BCUT2D eigenvalue weighted by Gasteiger charge is -2.13. The van der Waals surface area contributed by atoms with Crippen molar-refractivity contribution >= 4 is 49.5 Å². The van der Waals surface area contributed by atoms with Gasteiger partial charge in [-0.15, -0.1) is 0 Å². The van der Waals surface area contributed by atoms with Crippen molar-refractivity contribution in [2.75, 3.05) is 0 Å². The summed E-state index contributed by atoms with van der Waals surface area (Å²) in [7, 11) is 0. The lowest BCUT2D eigenvalue weighted by atomic mass is 10.2. The summed E-state index contributed by atoms with van der Waals surface area (Å²) in [4.78, 5) is 37.6. The molecule has 2 aromatic heterocycles. The molecule has 4 rings (SSSR count). The molecule has 2 heterocycles. The van der Waals surface area contributed by atoms with Gasteiger partial charge in [-0.3, -0.25) is 14.2 Å². The molecule has 0 fully saturated rings. The van der Waals surface area contributed by atoms with E-state index in [9.17, 15) is 9.59 Å². The van der Waals surface area contributed by atoms with Gasteiger partial charge in [0.25, 0.3) is 11.1 Å². The van der Waals surface area contributed by atoms with E-state index in [-0.39, 0.29) is 11.1 Å². The molecule has 0 radical (unpaired) electrons. The van der Waals surface area contributed by atoms with Crippen LogP contribution in [0.3, 0.4) is 0 Å². The summed E-state index contributed by atoms with van der Waals surface area (Å²) >= 11 is 4.85. The zero-order valence-electron chi connectivity index (χ0n) is 16.5. The predicted octanol–water partition coefficient (Wildman–Crippen LogP) is 4.88. The summed E-state index contributed by atoms with van der Waals surface area (Å²) in [6.07, 6.45) is 3.04. The van der Waals surface area contributed by atoms with Gasteiger partial charge in [0, 0.05) is 11.0 Å². The maximum atomic E-state index is 13.2. The SMILES string of the molecule is CCCCCn1c(SCc2nc3ccccc3c(=O)[nH]2)nc2ccc(Br)cc2c1=O. The largest absolute Gasteiger partial charge is 0.309 e. The van der Waals surface area contributed by atoms with Crippen LogP contribution in [0.1, 0.15) is 32.0 Å². The molecule has 0 saturated carbocycles. The van der Waals surface area contributed by atoms with E-state index in [1.54, 1.807) is 10.6 Å². The molecule has 4 aromatic rings. The lowest BCUT2D eigenvalue weighted by Crippen LogP contribution is -2.23. The molecule has 0 unspecified atom stereocenters. The van der Waals surface area contributed by atoms with Crippen molar-refractivity contribution in [2.24, 2.45) is 0 Å². The van der Waals surface area contributed by atoms with Gasteiger partial charge in [-0.1, -0.05) is 59.6 Å². The quantitative estimate of drug-likeness (QED) is 0.229. The first kappa shape index (κ1) is 20.8. The van der Waals surface area contributed by atoms with Gasteiger partial charge in [-0.25, -0.2) is 9.97 Å². The Morgan fingerprint density at radius 1 is 1.03 bits per heavy atom. The summed E-state index contributed by atoms with van der Waals surface area (Å²) in [5.41, 5.74) is 1.12. The number of nitrogens with zero attached hydrogens (tertiary/aromatic N) is 3. The average Bonchev–Trinajstić information content (AvgIpc) is 2.74. The highest BCUT2D eigenvalue weighted by atomic mass is 79.9. The van der Waals surface area contributed by atoms with Crippen LogP contribution in [0.25, 0.3) is 21.8 Å². The molecular formula is C22H21BrN4O2S.